The Morgan fingerprint density at radius 2 is 1.65 bits per heavy atom. The molecule has 0 unspecified atom stereocenters. The van der Waals surface area contributed by atoms with Crippen LogP contribution in [0.1, 0.15) is 43.0 Å². The van der Waals surface area contributed by atoms with Crippen molar-refractivity contribution < 1.29 is 9.59 Å². The summed E-state index contributed by atoms with van der Waals surface area (Å²) < 4.78 is 0. The molecule has 2 heteroatoms. The molecule has 4 rings (SSSR count). The van der Waals surface area contributed by atoms with Crippen LogP contribution in [-0.4, -0.2) is 11.6 Å². The zero-order valence-corrected chi connectivity index (χ0v) is 10.8. The van der Waals surface area contributed by atoms with Crippen molar-refractivity contribution in [2.75, 3.05) is 0 Å². The fourth-order valence-electron chi connectivity index (χ4n) is 3.08. The van der Waals surface area contributed by atoms with Gasteiger partial charge in [-0.15, -0.1) is 0 Å². The number of ketones is 2. The monoisotopic (exact) mass is 260 g/mol. The standard InChI is InChI=1S/C18H12O2/c19-17-7-3-5-12-9-13-8-11-4-1-2-6-14(11)18(20)16(13)10-15(12)17/h1-4,6-7,9-10H,5,8H2. The number of carbonyl (C=O) groups is 2. The zero-order valence-electron chi connectivity index (χ0n) is 10.8. The van der Waals surface area contributed by atoms with Gasteiger partial charge in [-0.05, 0) is 41.7 Å². The van der Waals surface area contributed by atoms with Crippen molar-refractivity contribution in [2.24, 2.45) is 0 Å². The van der Waals surface area contributed by atoms with E-state index in [-0.39, 0.29) is 11.6 Å². The Kier molecular flexibility index (Phi) is 2.27. The molecule has 2 aromatic carbocycles. The summed E-state index contributed by atoms with van der Waals surface area (Å²) in [5.74, 6) is 0.0349. The molecule has 0 saturated carbocycles. The zero-order chi connectivity index (χ0) is 13.7. The van der Waals surface area contributed by atoms with Crippen LogP contribution in [0.15, 0.2) is 48.6 Å². The van der Waals surface area contributed by atoms with Gasteiger partial charge in [-0.3, -0.25) is 9.59 Å². The quantitative estimate of drug-likeness (QED) is 0.622. The first-order valence-corrected chi connectivity index (χ1v) is 6.73. The van der Waals surface area contributed by atoms with Gasteiger partial charge in [0.2, 0.25) is 0 Å². The molecule has 2 aliphatic carbocycles. The molecule has 0 fully saturated rings. The van der Waals surface area contributed by atoms with Crippen LogP contribution in [0.5, 0.6) is 0 Å². The largest absolute Gasteiger partial charge is 0.289 e. The van der Waals surface area contributed by atoms with Gasteiger partial charge in [0.15, 0.2) is 11.6 Å². The number of rotatable bonds is 0. The molecule has 2 aliphatic rings. The SMILES string of the molecule is O=C1C=CCc2cc3c(cc21)C(=O)c1ccccc1C3. The lowest BCUT2D eigenvalue weighted by atomic mass is 9.81. The van der Waals surface area contributed by atoms with Gasteiger partial charge in [0.05, 0.1) is 0 Å². The van der Waals surface area contributed by atoms with Crippen molar-refractivity contribution in [3.8, 4) is 0 Å². The van der Waals surface area contributed by atoms with Gasteiger partial charge in [-0.25, -0.2) is 0 Å². The molecule has 0 aromatic heterocycles. The number of hydrogen-bond acceptors (Lipinski definition) is 2. The van der Waals surface area contributed by atoms with Crippen LogP contribution < -0.4 is 0 Å². The van der Waals surface area contributed by atoms with Crippen molar-refractivity contribution in [3.63, 3.8) is 0 Å². The molecule has 0 bridgehead atoms. The third kappa shape index (κ3) is 1.51. The Bertz CT molecular complexity index is 797. The number of carbonyl (C=O) groups excluding carboxylic acids is 2. The minimum atomic E-state index is 0.000656. The van der Waals surface area contributed by atoms with E-state index in [9.17, 15) is 9.59 Å². The highest BCUT2D eigenvalue weighted by molar-refractivity contribution is 6.15. The Morgan fingerprint density at radius 1 is 0.800 bits per heavy atom. The van der Waals surface area contributed by atoms with Crippen molar-refractivity contribution in [2.45, 2.75) is 12.8 Å². The van der Waals surface area contributed by atoms with Crippen molar-refractivity contribution in [1.29, 1.82) is 0 Å². The minimum Gasteiger partial charge on any atom is -0.289 e. The lowest BCUT2D eigenvalue weighted by Crippen LogP contribution is -2.18. The summed E-state index contributed by atoms with van der Waals surface area (Å²) in [6.07, 6.45) is 5.01. The van der Waals surface area contributed by atoms with E-state index in [1.807, 2.05) is 36.4 Å². The van der Waals surface area contributed by atoms with Gasteiger partial charge in [-0.1, -0.05) is 36.4 Å². The van der Waals surface area contributed by atoms with E-state index in [0.29, 0.717) is 11.1 Å². The van der Waals surface area contributed by atoms with Crippen molar-refractivity contribution in [1.82, 2.24) is 0 Å². The Hall–Kier alpha value is -2.48. The second-order valence-electron chi connectivity index (χ2n) is 5.30. The lowest BCUT2D eigenvalue weighted by Gasteiger charge is -2.21. The third-order valence-electron chi connectivity index (χ3n) is 4.09. The molecule has 0 heterocycles. The lowest BCUT2D eigenvalue weighted by molar-refractivity contribution is 0.103. The molecule has 2 aromatic rings. The predicted molar refractivity (Wildman–Crippen MR) is 76.3 cm³/mol. The molecule has 2 nitrogen and oxygen atoms in total. The van der Waals surface area contributed by atoms with Crippen LogP contribution in [0.4, 0.5) is 0 Å². The maximum Gasteiger partial charge on any atom is 0.193 e. The summed E-state index contributed by atoms with van der Waals surface area (Å²) in [6.45, 7) is 0. The average molecular weight is 260 g/mol. The molecule has 0 aliphatic heterocycles. The summed E-state index contributed by atoms with van der Waals surface area (Å²) >= 11 is 0. The van der Waals surface area contributed by atoms with Crippen LogP contribution in [0.25, 0.3) is 0 Å². The summed E-state index contributed by atoms with van der Waals surface area (Å²) in [7, 11) is 0. The molecule has 0 spiro atoms. The molecule has 0 radical (unpaired) electrons. The number of allylic oxidation sites excluding steroid dienone is 2. The van der Waals surface area contributed by atoms with Gasteiger partial charge >= 0.3 is 0 Å². The number of benzene rings is 2. The topological polar surface area (TPSA) is 34.1 Å². The van der Waals surface area contributed by atoms with Crippen LogP contribution in [0.2, 0.25) is 0 Å². The summed E-state index contributed by atoms with van der Waals surface area (Å²) in [6, 6.07) is 11.5. The molecule has 0 atom stereocenters. The highest BCUT2D eigenvalue weighted by atomic mass is 16.1. The van der Waals surface area contributed by atoms with E-state index in [1.165, 1.54) is 0 Å². The Balaban J connectivity index is 1.93. The second kappa shape index (κ2) is 4.01. The smallest absolute Gasteiger partial charge is 0.193 e. The molecule has 20 heavy (non-hydrogen) atoms. The predicted octanol–water partition coefficient (Wildman–Crippen LogP) is 3.12. The number of hydrogen-bond donors (Lipinski definition) is 0. The van der Waals surface area contributed by atoms with E-state index in [4.69, 9.17) is 0 Å². The van der Waals surface area contributed by atoms with Gasteiger partial charge in [-0.2, -0.15) is 0 Å². The van der Waals surface area contributed by atoms with Gasteiger partial charge in [0, 0.05) is 16.7 Å². The van der Waals surface area contributed by atoms with Crippen LogP contribution in [0, 0.1) is 0 Å². The highest BCUT2D eigenvalue weighted by Gasteiger charge is 2.25. The molecule has 96 valence electrons. The number of fused-ring (bicyclic) bond motifs is 3. The molecular weight excluding hydrogens is 248 g/mol. The summed E-state index contributed by atoms with van der Waals surface area (Å²) in [5, 5.41) is 0. The first-order chi connectivity index (χ1) is 9.74. The van der Waals surface area contributed by atoms with Crippen molar-refractivity contribution >= 4 is 11.6 Å². The molecule has 0 amide bonds. The summed E-state index contributed by atoms with van der Waals surface area (Å²) in [5.41, 5.74) is 5.27. The molecule has 0 N–H and O–H groups in total. The Morgan fingerprint density at radius 3 is 2.55 bits per heavy atom. The van der Waals surface area contributed by atoms with Gasteiger partial charge < -0.3 is 0 Å². The van der Waals surface area contributed by atoms with E-state index in [1.54, 1.807) is 12.1 Å². The van der Waals surface area contributed by atoms with Crippen molar-refractivity contribution in [3.05, 3.63) is 81.9 Å². The Labute approximate surface area is 116 Å². The highest BCUT2D eigenvalue weighted by Crippen LogP contribution is 2.30. The summed E-state index contributed by atoms with van der Waals surface area (Å²) in [4.78, 5) is 24.5. The second-order valence-corrected chi connectivity index (χ2v) is 5.30. The minimum absolute atomic E-state index is 0.000656. The van der Waals surface area contributed by atoms with E-state index >= 15 is 0 Å². The first-order valence-electron chi connectivity index (χ1n) is 6.73. The van der Waals surface area contributed by atoms with E-state index < -0.39 is 0 Å². The maximum atomic E-state index is 12.6. The van der Waals surface area contributed by atoms with E-state index in [0.717, 1.165) is 35.1 Å². The fraction of sp³-hybridized carbons (Fsp3) is 0.111. The molecular formula is C18H12O2. The van der Waals surface area contributed by atoms with Crippen LogP contribution >= 0.6 is 0 Å². The van der Waals surface area contributed by atoms with Gasteiger partial charge in [0.1, 0.15) is 0 Å². The van der Waals surface area contributed by atoms with Crippen LogP contribution in [0.3, 0.4) is 0 Å². The normalized spacial score (nSPS) is 15.6. The maximum absolute atomic E-state index is 12.6. The molecule has 0 saturated heterocycles. The average Bonchev–Trinajstić information content (AvgIpc) is 2.47. The first kappa shape index (κ1) is 11.4. The van der Waals surface area contributed by atoms with Gasteiger partial charge in [0.25, 0.3) is 0 Å². The fourth-order valence-corrected chi connectivity index (χ4v) is 3.08. The third-order valence-corrected chi connectivity index (χ3v) is 4.09. The van der Waals surface area contributed by atoms with Crippen LogP contribution in [-0.2, 0) is 12.8 Å². The van der Waals surface area contributed by atoms with E-state index in [2.05, 4.69) is 0 Å².